The molecule has 1 atom stereocenters. The van der Waals surface area contributed by atoms with E-state index in [2.05, 4.69) is 57.0 Å². The van der Waals surface area contributed by atoms with E-state index in [1.165, 1.54) is 11.1 Å². The highest BCUT2D eigenvalue weighted by molar-refractivity contribution is 5.88. The average molecular weight is 333 g/mol. The van der Waals surface area contributed by atoms with Crippen LogP contribution in [0.3, 0.4) is 0 Å². The van der Waals surface area contributed by atoms with Crippen molar-refractivity contribution in [2.75, 3.05) is 20.1 Å². The molecule has 5 nitrogen and oxygen atoms in total. The van der Waals surface area contributed by atoms with Crippen LogP contribution < -0.4 is 5.32 Å². The summed E-state index contributed by atoms with van der Waals surface area (Å²) in [6, 6.07) is 2.39. The van der Waals surface area contributed by atoms with Crippen molar-refractivity contribution >= 4 is 16.9 Å². The van der Waals surface area contributed by atoms with Gasteiger partial charge in [-0.05, 0) is 43.7 Å². The van der Waals surface area contributed by atoms with Gasteiger partial charge in [-0.15, -0.1) is 6.58 Å². The Balaban J connectivity index is 1.62. The zero-order chi connectivity index (χ0) is 17.4. The van der Waals surface area contributed by atoms with Gasteiger partial charge in [0.2, 0.25) is 0 Å². The largest absolute Gasteiger partial charge is 0.377 e. The fraction of sp³-hybridized carbons (Fsp3) is 0.300. The Morgan fingerprint density at radius 3 is 3.12 bits per heavy atom. The number of aromatic amines is 1. The second-order valence-electron chi connectivity index (χ2n) is 6.78. The van der Waals surface area contributed by atoms with Crippen LogP contribution in [0, 0.1) is 6.92 Å². The highest BCUT2D eigenvalue weighted by Gasteiger charge is 2.25. The van der Waals surface area contributed by atoms with Gasteiger partial charge in [0, 0.05) is 30.5 Å². The van der Waals surface area contributed by atoms with Crippen LogP contribution in [-0.4, -0.2) is 46.0 Å². The van der Waals surface area contributed by atoms with Crippen LogP contribution in [0.1, 0.15) is 17.8 Å². The van der Waals surface area contributed by atoms with Gasteiger partial charge in [0.25, 0.3) is 0 Å². The van der Waals surface area contributed by atoms with E-state index in [-0.39, 0.29) is 0 Å². The van der Waals surface area contributed by atoms with E-state index in [1.807, 2.05) is 25.3 Å². The number of imidazole rings is 1. The molecule has 0 amide bonds. The van der Waals surface area contributed by atoms with Crippen LogP contribution in [0.2, 0.25) is 0 Å². The van der Waals surface area contributed by atoms with E-state index in [0.717, 1.165) is 47.8 Å². The summed E-state index contributed by atoms with van der Waals surface area (Å²) in [6.07, 6.45) is 11.7. The number of aromatic nitrogens is 3. The van der Waals surface area contributed by atoms with Crippen molar-refractivity contribution in [3.63, 3.8) is 0 Å². The van der Waals surface area contributed by atoms with Crippen molar-refractivity contribution < 1.29 is 0 Å². The first-order valence-electron chi connectivity index (χ1n) is 8.64. The van der Waals surface area contributed by atoms with Crippen molar-refractivity contribution in [3.05, 3.63) is 65.7 Å². The first-order chi connectivity index (χ1) is 12.1. The minimum absolute atomic E-state index is 0.353. The van der Waals surface area contributed by atoms with Crippen molar-refractivity contribution in [2.45, 2.75) is 19.4 Å². The van der Waals surface area contributed by atoms with Crippen LogP contribution in [0.15, 0.2) is 54.3 Å². The lowest BCUT2D eigenvalue weighted by Crippen LogP contribution is -2.27. The summed E-state index contributed by atoms with van der Waals surface area (Å²) < 4.78 is 0. The van der Waals surface area contributed by atoms with Gasteiger partial charge in [0.15, 0.2) is 5.65 Å². The van der Waals surface area contributed by atoms with E-state index in [0.29, 0.717) is 6.04 Å². The Labute approximate surface area is 147 Å². The van der Waals surface area contributed by atoms with Gasteiger partial charge < -0.3 is 10.3 Å². The molecule has 0 radical (unpaired) electrons. The Morgan fingerprint density at radius 2 is 2.28 bits per heavy atom. The van der Waals surface area contributed by atoms with Crippen molar-refractivity contribution in [1.82, 2.24) is 25.2 Å². The smallest absolute Gasteiger partial charge is 0.158 e. The lowest BCUT2D eigenvalue weighted by Gasteiger charge is -2.21. The van der Waals surface area contributed by atoms with Crippen LogP contribution in [-0.2, 0) is 0 Å². The molecule has 4 rings (SSSR count). The molecule has 128 valence electrons. The zero-order valence-electron chi connectivity index (χ0n) is 14.7. The number of nitrogens with one attached hydrogen (secondary N) is 2. The number of hydrogen-bond donors (Lipinski definition) is 2. The molecule has 2 aromatic heterocycles. The average Bonchev–Trinajstić information content (AvgIpc) is 3.16. The number of fused-ring (bicyclic) bond motifs is 2. The monoisotopic (exact) mass is 333 g/mol. The zero-order valence-corrected chi connectivity index (χ0v) is 14.7. The highest BCUT2D eigenvalue weighted by atomic mass is 15.1. The molecule has 1 aliphatic carbocycles. The van der Waals surface area contributed by atoms with Crippen LogP contribution in [0.5, 0.6) is 0 Å². The number of hydrogen-bond acceptors (Lipinski definition) is 4. The lowest BCUT2D eigenvalue weighted by atomic mass is 9.96. The molecule has 0 spiro atoms. The number of nitrogens with zero attached hydrogens (tertiary/aromatic N) is 3. The number of pyridine rings is 1. The second-order valence-corrected chi connectivity index (χ2v) is 6.78. The first kappa shape index (κ1) is 15.8. The SMILES string of the molecule is C=CCN(C)CC1=CCC2NC(c3ccnc4[nH]c(C)nc34)=CC2=C1. The molecule has 2 N–H and O–H groups in total. The maximum Gasteiger partial charge on any atom is 0.158 e. The van der Waals surface area contributed by atoms with Crippen molar-refractivity contribution in [1.29, 1.82) is 0 Å². The minimum atomic E-state index is 0.353. The van der Waals surface area contributed by atoms with Crippen molar-refractivity contribution in [2.24, 2.45) is 0 Å². The third-order valence-corrected chi connectivity index (χ3v) is 4.70. The van der Waals surface area contributed by atoms with E-state index >= 15 is 0 Å². The number of rotatable bonds is 5. The normalized spacial score (nSPS) is 19.3. The molecule has 0 aromatic carbocycles. The topological polar surface area (TPSA) is 56.8 Å². The Kier molecular flexibility index (Phi) is 4.01. The molecule has 0 saturated heterocycles. The fourth-order valence-electron chi connectivity index (χ4n) is 3.56. The van der Waals surface area contributed by atoms with E-state index in [4.69, 9.17) is 0 Å². The van der Waals surface area contributed by atoms with Gasteiger partial charge in [-0.1, -0.05) is 18.2 Å². The quantitative estimate of drug-likeness (QED) is 0.826. The molecule has 1 unspecified atom stereocenters. The maximum absolute atomic E-state index is 4.60. The molecular weight excluding hydrogens is 310 g/mol. The minimum Gasteiger partial charge on any atom is -0.377 e. The standard InChI is InChI=1S/C20H23N5/c1-4-9-25(3)12-14-5-6-17-15(10-14)11-18(24-17)16-7-8-21-20-19(16)22-13(2)23-20/h4-5,7-8,10-11,17,24H,1,6,9,12H2,2-3H3,(H,21,22,23). The Hall–Kier alpha value is -2.66. The van der Waals surface area contributed by atoms with Gasteiger partial charge in [-0.2, -0.15) is 0 Å². The predicted octanol–water partition coefficient (Wildman–Crippen LogP) is 2.95. The maximum atomic E-state index is 4.60. The van der Waals surface area contributed by atoms with Gasteiger partial charge in [0.05, 0.1) is 6.04 Å². The number of H-pyrrole nitrogens is 1. The predicted molar refractivity (Wildman–Crippen MR) is 102 cm³/mol. The van der Waals surface area contributed by atoms with E-state index in [1.54, 1.807) is 0 Å². The molecule has 5 heteroatoms. The summed E-state index contributed by atoms with van der Waals surface area (Å²) in [5, 5.41) is 3.65. The molecule has 1 aliphatic heterocycles. The molecule has 2 aliphatic rings. The summed E-state index contributed by atoms with van der Waals surface area (Å²) in [5.41, 5.74) is 6.71. The van der Waals surface area contributed by atoms with Crippen LogP contribution in [0.25, 0.3) is 16.9 Å². The first-order valence-corrected chi connectivity index (χ1v) is 8.64. The summed E-state index contributed by atoms with van der Waals surface area (Å²) in [5.74, 6) is 0.888. The number of likely N-dealkylation sites (N-methyl/N-ethyl adjacent to an activating group) is 1. The summed E-state index contributed by atoms with van der Waals surface area (Å²) >= 11 is 0. The summed E-state index contributed by atoms with van der Waals surface area (Å²) in [7, 11) is 2.12. The molecule has 0 fully saturated rings. The van der Waals surface area contributed by atoms with Crippen LogP contribution >= 0.6 is 0 Å². The summed E-state index contributed by atoms with van der Waals surface area (Å²) in [4.78, 5) is 14.5. The van der Waals surface area contributed by atoms with Gasteiger partial charge in [-0.3, -0.25) is 4.90 Å². The number of aryl methyl sites for hydroxylation is 1. The molecule has 3 heterocycles. The molecule has 2 aromatic rings. The van der Waals surface area contributed by atoms with Gasteiger partial charge >= 0.3 is 0 Å². The third-order valence-electron chi connectivity index (χ3n) is 4.70. The van der Waals surface area contributed by atoms with Crippen LogP contribution in [0.4, 0.5) is 0 Å². The Bertz CT molecular complexity index is 915. The molecular formula is C20H23N5. The van der Waals surface area contributed by atoms with E-state index in [9.17, 15) is 0 Å². The lowest BCUT2D eigenvalue weighted by molar-refractivity contribution is 0.405. The molecule has 0 saturated carbocycles. The van der Waals surface area contributed by atoms with Crippen molar-refractivity contribution in [3.8, 4) is 0 Å². The molecule has 25 heavy (non-hydrogen) atoms. The Morgan fingerprint density at radius 1 is 1.40 bits per heavy atom. The van der Waals surface area contributed by atoms with Gasteiger partial charge in [0.1, 0.15) is 11.3 Å². The third kappa shape index (κ3) is 3.03. The summed E-state index contributed by atoms with van der Waals surface area (Å²) in [6.45, 7) is 7.61. The second kappa shape index (κ2) is 6.33. The fourth-order valence-corrected chi connectivity index (χ4v) is 3.56. The molecule has 0 bridgehead atoms. The van der Waals surface area contributed by atoms with E-state index < -0.39 is 0 Å². The highest BCUT2D eigenvalue weighted by Crippen LogP contribution is 2.32. The van der Waals surface area contributed by atoms with Gasteiger partial charge in [-0.25, -0.2) is 9.97 Å².